The van der Waals surface area contributed by atoms with Gasteiger partial charge < -0.3 is 19.9 Å². The Balaban J connectivity index is 1.96. The van der Waals surface area contributed by atoms with Gasteiger partial charge in [0.2, 0.25) is 5.91 Å². The van der Waals surface area contributed by atoms with E-state index in [1.54, 1.807) is 14.2 Å². The summed E-state index contributed by atoms with van der Waals surface area (Å²) in [5, 5.41) is 12.0. The lowest BCUT2D eigenvalue weighted by atomic mass is 9.81. The highest BCUT2D eigenvalue weighted by Gasteiger charge is 2.30. The number of nitrogens with one attached hydrogen (secondary N) is 1. The van der Waals surface area contributed by atoms with Crippen LogP contribution in [0.4, 0.5) is 0 Å². The molecule has 1 saturated carbocycles. The van der Waals surface area contributed by atoms with Gasteiger partial charge in [0.05, 0.1) is 26.2 Å². The molecule has 1 aliphatic carbocycles. The maximum absolute atomic E-state index is 12.4. The third-order valence-electron chi connectivity index (χ3n) is 4.71. The van der Waals surface area contributed by atoms with Crippen LogP contribution in [0.5, 0.6) is 11.5 Å². The largest absolute Gasteiger partial charge is 0.493 e. The number of aliphatic carboxylic acids is 1. The minimum Gasteiger partial charge on any atom is -0.493 e. The predicted octanol–water partition coefficient (Wildman–Crippen LogP) is 2.77. The topological polar surface area (TPSA) is 84.9 Å². The lowest BCUT2D eigenvalue weighted by Crippen LogP contribution is -2.35. The summed E-state index contributed by atoms with van der Waals surface area (Å²) in [6.07, 6.45) is 2.39. The smallest absolute Gasteiger partial charge is 0.306 e. The van der Waals surface area contributed by atoms with Crippen LogP contribution in [-0.4, -0.2) is 31.2 Å². The van der Waals surface area contributed by atoms with E-state index >= 15 is 0 Å². The van der Waals surface area contributed by atoms with E-state index in [4.69, 9.17) is 14.6 Å². The van der Waals surface area contributed by atoms with Crippen molar-refractivity contribution in [3.05, 3.63) is 23.8 Å². The van der Waals surface area contributed by atoms with Gasteiger partial charge >= 0.3 is 5.97 Å². The monoisotopic (exact) mass is 335 g/mol. The van der Waals surface area contributed by atoms with Crippen LogP contribution in [-0.2, 0) is 9.59 Å². The lowest BCUT2D eigenvalue weighted by Gasteiger charge is -2.26. The van der Waals surface area contributed by atoms with Crippen LogP contribution in [0.1, 0.15) is 44.2 Å². The molecule has 1 amide bonds. The van der Waals surface area contributed by atoms with Crippen LogP contribution in [0.15, 0.2) is 18.2 Å². The Morgan fingerprint density at radius 2 is 1.67 bits per heavy atom. The van der Waals surface area contributed by atoms with E-state index in [0.29, 0.717) is 37.2 Å². The molecular weight excluding hydrogens is 310 g/mol. The number of ether oxygens (including phenoxy) is 2. The molecule has 1 fully saturated rings. The number of carboxylic acids is 1. The minimum atomic E-state index is -0.757. The van der Waals surface area contributed by atoms with Gasteiger partial charge in [-0.2, -0.15) is 0 Å². The molecule has 2 rings (SSSR count). The van der Waals surface area contributed by atoms with Gasteiger partial charge in [0.15, 0.2) is 11.5 Å². The van der Waals surface area contributed by atoms with Gasteiger partial charge in [0.25, 0.3) is 0 Å². The van der Waals surface area contributed by atoms with E-state index in [-0.39, 0.29) is 23.8 Å². The summed E-state index contributed by atoms with van der Waals surface area (Å²) in [7, 11) is 3.15. The number of carbonyl (C=O) groups is 2. The van der Waals surface area contributed by atoms with Gasteiger partial charge in [-0.1, -0.05) is 6.07 Å². The number of hydrogen-bond acceptors (Lipinski definition) is 4. The number of benzene rings is 1. The van der Waals surface area contributed by atoms with Gasteiger partial charge in [-0.25, -0.2) is 0 Å². The first-order valence-electron chi connectivity index (χ1n) is 8.21. The third-order valence-corrected chi connectivity index (χ3v) is 4.71. The average Bonchev–Trinajstić information content (AvgIpc) is 2.60. The first kappa shape index (κ1) is 18.1. The van der Waals surface area contributed by atoms with E-state index in [0.717, 1.165) is 5.56 Å². The van der Waals surface area contributed by atoms with Crippen LogP contribution < -0.4 is 14.8 Å². The zero-order valence-corrected chi connectivity index (χ0v) is 14.4. The molecule has 0 aliphatic heterocycles. The van der Waals surface area contributed by atoms with Crippen LogP contribution in [0, 0.1) is 11.8 Å². The Bertz CT molecular complexity index is 593. The van der Waals surface area contributed by atoms with E-state index in [1.165, 1.54) is 0 Å². The van der Waals surface area contributed by atoms with Gasteiger partial charge in [0.1, 0.15) is 0 Å². The molecule has 6 heteroatoms. The standard InChI is InChI=1S/C18H25NO5/c1-11(14-8-9-15(23-2)16(10-14)24-3)19-17(20)12-4-6-13(7-5-12)18(21)22/h8-13H,4-7H2,1-3H3,(H,19,20)(H,21,22). The minimum absolute atomic E-state index is 0.0128. The molecule has 24 heavy (non-hydrogen) atoms. The van der Waals surface area contributed by atoms with Crippen LogP contribution in [0.25, 0.3) is 0 Å². The van der Waals surface area contributed by atoms with Crippen LogP contribution in [0.2, 0.25) is 0 Å². The molecule has 0 bridgehead atoms. The van der Waals surface area contributed by atoms with Gasteiger partial charge in [-0.15, -0.1) is 0 Å². The number of hydrogen-bond donors (Lipinski definition) is 2. The van der Waals surface area contributed by atoms with E-state index in [1.807, 2.05) is 25.1 Å². The van der Waals surface area contributed by atoms with Crippen molar-refractivity contribution in [1.82, 2.24) is 5.32 Å². The summed E-state index contributed by atoms with van der Waals surface area (Å²) in [6.45, 7) is 1.92. The summed E-state index contributed by atoms with van der Waals surface area (Å²) in [6, 6.07) is 5.41. The number of methoxy groups -OCH3 is 2. The number of rotatable bonds is 6. The highest BCUT2D eigenvalue weighted by atomic mass is 16.5. The lowest BCUT2D eigenvalue weighted by molar-refractivity contribution is -0.144. The predicted molar refractivity (Wildman–Crippen MR) is 89.2 cm³/mol. The summed E-state index contributed by atoms with van der Waals surface area (Å²) in [5.41, 5.74) is 0.931. The molecule has 1 unspecified atom stereocenters. The molecule has 1 atom stereocenters. The molecule has 0 spiro atoms. The number of amides is 1. The molecular formula is C18H25NO5. The zero-order chi connectivity index (χ0) is 17.7. The zero-order valence-electron chi connectivity index (χ0n) is 14.4. The first-order chi connectivity index (χ1) is 11.5. The Morgan fingerprint density at radius 3 is 2.21 bits per heavy atom. The molecule has 1 aromatic rings. The molecule has 0 aromatic heterocycles. The first-order valence-corrected chi connectivity index (χ1v) is 8.21. The van der Waals surface area contributed by atoms with E-state index in [9.17, 15) is 9.59 Å². The summed E-state index contributed by atoms with van der Waals surface area (Å²) in [4.78, 5) is 23.4. The fraction of sp³-hybridized carbons (Fsp3) is 0.556. The Hall–Kier alpha value is -2.24. The number of carbonyl (C=O) groups excluding carboxylic acids is 1. The van der Waals surface area contributed by atoms with Crippen molar-refractivity contribution in [3.8, 4) is 11.5 Å². The van der Waals surface area contributed by atoms with Crippen molar-refractivity contribution in [1.29, 1.82) is 0 Å². The summed E-state index contributed by atoms with van der Waals surface area (Å²) in [5.74, 6) is 0.0824. The Kier molecular flexibility index (Phi) is 6.06. The molecule has 2 N–H and O–H groups in total. The van der Waals surface area contributed by atoms with Crippen molar-refractivity contribution in [3.63, 3.8) is 0 Å². The molecule has 132 valence electrons. The van der Waals surface area contributed by atoms with Crippen molar-refractivity contribution in [2.24, 2.45) is 11.8 Å². The average molecular weight is 335 g/mol. The molecule has 6 nitrogen and oxygen atoms in total. The Morgan fingerprint density at radius 1 is 1.08 bits per heavy atom. The van der Waals surface area contributed by atoms with Crippen molar-refractivity contribution in [2.45, 2.75) is 38.6 Å². The second-order valence-corrected chi connectivity index (χ2v) is 6.23. The maximum atomic E-state index is 12.4. The van der Waals surface area contributed by atoms with Gasteiger partial charge in [0, 0.05) is 5.92 Å². The van der Waals surface area contributed by atoms with Crippen molar-refractivity contribution >= 4 is 11.9 Å². The summed E-state index contributed by atoms with van der Waals surface area (Å²) < 4.78 is 10.5. The molecule has 0 radical (unpaired) electrons. The van der Waals surface area contributed by atoms with Crippen LogP contribution >= 0.6 is 0 Å². The van der Waals surface area contributed by atoms with E-state index in [2.05, 4.69) is 5.32 Å². The third kappa shape index (κ3) is 4.19. The fourth-order valence-electron chi connectivity index (χ4n) is 3.14. The Labute approximate surface area is 142 Å². The van der Waals surface area contributed by atoms with Gasteiger partial charge in [-0.3, -0.25) is 9.59 Å². The maximum Gasteiger partial charge on any atom is 0.306 e. The number of carboxylic acid groups (broad SMARTS) is 1. The quantitative estimate of drug-likeness (QED) is 0.835. The van der Waals surface area contributed by atoms with E-state index < -0.39 is 5.97 Å². The van der Waals surface area contributed by atoms with Gasteiger partial charge in [-0.05, 0) is 50.3 Å². The fourth-order valence-corrected chi connectivity index (χ4v) is 3.14. The highest BCUT2D eigenvalue weighted by Crippen LogP contribution is 2.31. The highest BCUT2D eigenvalue weighted by molar-refractivity contribution is 5.79. The van der Waals surface area contributed by atoms with Crippen LogP contribution in [0.3, 0.4) is 0 Å². The second kappa shape index (κ2) is 8.04. The second-order valence-electron chi connectivity index (χ2n) is 6.23. The molecule has 1 aromatic carbocycles. The summed E-state index contributed by atoms with van der Waals surface area (Å²) >= 11 is 0. The van der Waals surface area contributed by atoms with Crippen molar-refractivity contribution in [2.75, 3.05) is 14.2 Å². The molecule has 1 aliphatic rings. The SMILES string of the molecule is COc1ccc(C(C)NC(=O)C2CCC(C(=O)O)CC2)cc1OC. The molecule has 0 heterocycles. The molecule has 0 saturated heterocycles. The normalized spacial score (nSPS) is 21.6. The van der Waals surface area contributed by atoms with Crippen molar-refractivity contribution < 1.29 is 24.2 Å².